The van der Waals surface area contributed by atoms with Gasteiger partial charge in [-0.2, -0.15) is 13.5 Å². The predicted molar refractivity (Wildman–Crippen MR) is 166 cm³/mol. The van der Waals surface area contributed by atoms with E-state index in [1.54, 1.807) is 6.07 Å². The number of hydrogen-bond acceptors (Lipinski definition) is 7. The van der Waals surface area contributed by atoms with Gasteiger partial charge in [-0.25, -0.2) is 26.3 Å². The van der Waals surface area contributed by atoms with Crippen LogP contribution in [0.4, 0.5) is 14.5 Å². The van der Waals surface area contributed by atoms with Crippen molar-refractivity contribution in [1.82, 2.24) is 0 Å². The molecular formula is C30H41F2NO7S2. The molecule has 1 atom stereocenters. The summed E-state index contributed by atoms with van der Waals surface area (Å²) in [5, 5.41) is 0. The quantitative estimate of drug-likeness (QED) is 0.236. The zero-order chi connectivity index (χ0) is 31.3. The largest absolute Gasteiger partial charge is 0.495 e. The number of carbonyl (C=O) groups is 1. The van der Waals surface area contributed by atoms with E-state index in [4.69, 9.17) is 18.9 Å². The monoisotopic (exact) mass is 629 g/mol. The van der Waals surface area contributed by atoms with Crippen molar-refractivity contribution in [1.29, 1.82) is 0 Å². The first-order valence-corrected chi connectivity index (χ1v) is 14.5. The summed E-state index contributed by atoms with van der Waals surface area (Å²) in [6.07, 6.45) is -0.323. The fourth-order valence-corrected chi connectivity index (χ4v) is 5.57. The Morgan fingerprint density at radius 3 is 1.83 bits per heavy atom. The minimum atomic E-state index is -4.50. The molecule has 0 aliphatic heterocycles. The zero-order valence-corrected chi connectivity index (χ0v) is 27.3. The van der Waals surface area contributed by atoms with Crippen molar-refractivity contribution in [2.24, 2.45) is 0 Å². The number of halogens is 2. The van der Waals surface area contributed by atoms with Crippen LogP contribution in [0.15, 0.2) is 59.5 Å². The second-order valence-corrected chi connectivity index (χ2v) is 9.68. The number of benzene rings is 3. The van der Waals surface area contributed by atoms with Crippen LogP contribution in [-0.2, 0) is 26.0 Å². The van der Waals surface area contributed by atoms with Crippen molar-refractivity contribution in [2.45, 2.75) is 52.0 Å². The Kier molecular flexibility index (Phi) is 16.6. The van der Waals surface area contributed by atoms with Crippen molar-refractivity contribution in [3.63, 3.8) is 0 Å². The maximum atomic E-state index is 14.5. The first kappa shape index (κ1) is 38.5. The van der Waals surface area contributed by atoms with Gasteiger partial charge in [0.25, 0.3) is 10.0 Å². The van der Waals surface area contributed by atoms with Crippen LogP contribution in [0.2, 0.25) is 0 Å². The van der Waals surface area contributed by atoms with Gasteiger partial charge >= 0.3 is 5.97 Å². The Balaban J connectivity index is 0.00000322. The predicted octanol–water partition coefficient (Wildman–Crippen LogP) is 6.50. The summed E-state index contributed by atoms with van der Waals surface area (Å²) in [7, 11) is 0.689. The number of para-hydroxylation sites is 1. The molecule has 42 heavy (non-hydrogen) atoms. The van der Waals surface area contributed by atoms with Crippen molar-refractivity contribution < 1.29 is 40.9 Å². The number of sulfonamides is 1. The van der Waals surface area contributed by atoms with Crippen LogP contribution in [-0.4, -0.2) is 48.9 Å². The fraction of sp³-hybridized carbons (Fsp3) is 0.367. The molecule has 8 nitrogen and oxygen atoms in total. The highest BCUT2D eigenvalue weighted by molar-refractivity contribution is 7.93. The van der Waals surface area contributed by atoms with E-state index >= 15 is 0 Å². The lowest BCUT2D eigenvalue weighted by molar-refractivity contribution is -0.141. The first-order chi connectivity index (χ1) is 19.6. The van der Waals surface area contributed by atoms with Crippen LogP contribution in [0, 0.1) is 11.6 Å². The van der Waals surface area contributed by atoms with Gasteiger partial charge < -0.3 is 18.9 Å². The molecule has 0 aliphatic carbocycles. The summed E-state index contributed by atoms with van der Waals surface area (Å²) in [6, 6.07) is 10.5. The fourth-order valence-electron chi connectivity index (χ4n) is 3.90. The average molecular weight is 630 g/mol. The van der Waals surface area contributed by atoms with Gasteiger partial charge in [-0.05, 0) is 42.8 Å². The number of nitrogens with zero attached hydrogens (tertiary/aromatic N) is 1. The van der Waals surface area contributed by atoms with Crippen molar-refractivity contribution in [3.8, 4) is 17.2 Å². The van der Waals surface area contributed by atoms with E-state index in [0.29, 0.717) is 5.75 Å². The molecule has 0 radical (unpaired) electrons. The second kappa shape index (κ2) is 18.1. The van der Waals surface area contributed by atoms with E-state index in [0.717, 1.165) is 23.5 Å². The molecule has 0 unspecified atom stereocenters. The minimum absolute atomic E-state index is 0. The maximum absolute atomic E-state index is 14.5. The van der Waals surface area contributed by atoms with E-state index in [1.165, 1.54) is 64.7 Å². The lowest BCUT2D eigenvalue weighted by atomic mass is 10.0. The summed E-state index contributed by atoms with van der Waals surface area (Å²) < 4.78 is 78.8. The molecule has 0 bridgehead atoms. The van der Waals surface area contributed by atoms with Crippen LogP contribution >= 0.6 is 13.5 Å². The Morgan fingerprint density at radius 2 is 1.33 bits per heavy atom. The van der Waals surface area contributed by atoms with Gasteiger partial charge in [0.15, 0.2) is 11.5 Å². The number of carbonyl (C=O) groups excluding carboxylic acids is 1. The number of esters is 1. The second-order valence-electron chi connectivity index (χ2n) is 7.86. The van der Waals surface area contributed by atoms with Gasteiger partial charge in [0.2, 0.25) is 0 Å². The molecular weight excluding hydrogens is 588 g/mol. The molecule has 0 saturated heterocycles. The smallest absolute Gasteiger partial charge is 0.329 e. The number of hydrogen-bond donors (Lipinski definition) is 0. The molecule has 0 aromatic heterocycles. The molecule has 3 aromatic rings. The van der Waals surface area contributed by atoms with Crippen molar-refractivity contribution in [2.75, 3.05) is 32.7 Å². The summed E-state index contributed by atoms with van der Waals surface area (Å²) in [6.45, 7) is 9.34. The van der Waals surface area contributed by atoms with E-state index in [9.17, 15) is 22.0 Å². The Bertz CT molecular complexity index is 1380. The summed E-state index contributed by atoms with van der Waals surface area (Å²) >= 11 is 0. The van der Waals surface area contributed by atoms with Gasteiger partial charge in [0.05, 0.1) is 39.0 Å². The van der Waals surface area contributed by atoms with Gasteiger partial charge in [-0.1, -0.05) is 45.9 Å². The lowest BCUT2D eigenvalue weighted by Crippen LogP contribution is -2.44. The van der Waals surface area contributed by atoms with Gasteiger partial charge in [0.1, 0.15) is 23.4 Å². The van der Waals surface area contributed by atoms with E-state index < -0.39 is 33.7 Å². The normalized spacial score (nSPS) is 10.8. The highest BCUT2D eigenvalue weighted by atomic mass is 32.2. The summed E-state index contributed by atoms with van der Waals surface area (Å²) in [5.74, 6) is -1.97. The number of anilines is 1. The minimum Gasteiger partial charge on any atom is -0.495 e. The maximum Gasteiger partial charge on any atom is 0.329 e. The SMILES string of the molecule is CC.CC.COC(=O)[C@H](C)N(c1c(Cc2c(F)cccc2F)cccc1OC)S(=O)(=O)c1ccc(OC)c(OC)c1.S. The zero-order valence-electron chi connectivity index (χ0n) is 25.4. The van der Waals surface area contributed by atoms with Crippen LogP contribution in [0.5, 0.6) is 17.2 Å². The highest BCUT2D eigenvalue weighted by Gasteiger charge is 2.38. The molecule has 3 rings (SSSR count). The molecule has 0 N–H and O–H groups in total. The Hall–Kier alpha value is -3.51. The van der Waals surface area contributed by atoms with Crippen LogP contribution in [0.3, 0.4) is 0 Å². The third-order valence-corrected chi connectivity index (χ3v) is 7.62. The van der Waals surface area contributed by atoms with E-state index in [2.05, 4.69) is 0 Å². The third kappa shape index (κ3) is 8.51. The number of rotatable bonds is 10. The standard InChI is InChI=1S/C26H27F2NO7S.2C2H6.H2S/c1-16(26(30)36-5)29(37(31,32)18-12-13-22(33-2)24(15-18)35-4)25-17(8-6-11-23(25)34-3)14-19-20(27)9-7-10-21(19)28;2*1-2;/h6-13,15-16H,14H2,1-5H3;2*1-2H3;1H2/t16-;;;/m0.../s1. The molecule has 0 amide bonds. The summed E-state index contributed by atoms with van der Waals surface area (Å²) in [4.78, 5) is 12.4. The van der Waals surface area contributed by atoms with Crippen LogP contribution in [0.1, 0.15) is 45.7 Å². The Labute approximate surface area is 255 Å². The van der Waals surface area contributed by atoms with Crippen molar-refractivity contribution in [3.05, 3.63) is 77.4 Å². The first-order valence-electron chi connectivity index (χ1n) is 13.0. The van der Waals surface area contributed by atoms with Crippen LogP contribution in [0.25, 0.3) is 0 Å². The molecule has 0 spiro atoms. The van der Waals surface area contributed by atoms with Gasteiger partial charge in [-0.15, -0.1) is 0 Å². The average Bonchev–Trinajstić information content (AvgIpc) is 3.00. The van der Waals surface area contributed by atoms with E-state index in [1.807, 2.05) is 27.7 Å². The topological polar surface area (TPSA) is 91.4 Å². The molecule has 0 aliphatic rings. The van der Waals surface area contributed by atoms with Crippen LogP contribution < -0.4 is 18.5 Å². The molecule has 234 valence electrons. The van der Waals surface area contributed by atoms with E-state index in [-0.39, 0.29) is 53.1 Å². The highest BCUT2D eigenvalue weighted by Crippen LogP contribution is 2.40. The summed E-state index contributed by atoms with van der Waals surface area (Å²) in [5.41, 5.74) is -0.144. The molecule has 0 fully saturated rings. The molecule has 3 aromatic carbocycles. The molecule has 0 heterocycles. The van der Waals surface area contributed by atoms with Crippen molar-refractivity contribution >= 4 is 35.2 Å². The molecule has 0 saturated carbocycles. The third-order valence-electron chi connectivity index (χ3n) is 5.76. The number of ether oxygens (including phenoxy) is 4. The lowest BCUT2D eigenvalue weighted by Gasteiger charge is -2.32. The Morgan fingerprint density at radius 1 is 0.810 bits per heavy atom. The number of methoxy groups -OCH3 is 4. The van der Waals surface area contributed by atoms with Gasteiger partial charge in [-0.3, -0.25) is 0 Å². The molecule has 12 heteroatoms. The van der Waals surface area contributed by atoms with Gasteiger partial charge in [0, 0.05) is 18.1 Å².